The van der Waals surface area contributed by atoms with Crippen molar-refractivity contribution in [2.24, 2.45) is 0 Å². The van der Waals surface area contributed by atoms with Crippen molar-refractivity contribution in [1.82, 2.24) is 10.2 Å². The Bertz CT molecular complexity index is 893. The van der Waals surface area contributed by atoms with E-state index in [-0.39, 0.29) is 18.0 Å². The maximum Gasteiger partial charge on any atom is 0.322 e. The van der Waals surface area contributed by atoms with Crippen molar-refractivity contribution in [3.8, 4) is 0 Å². The van der Waals surface area contributed by atoms with Crippen LogP contribution < -0.4 is 10.2 Å². The van der Waals surface area contributed by atoms with Crippen LogP contribution in [0, 0.1) is 13.8 Å². The number of rotatable bonds is 3. The highest BCUT2D eigenvalue weighted by Crippen LogP contribution is 2.35. The van der Waals surface area contributed by atoms with E-state index in [2.05, 4.69) is 24.4 Å². The van der Waals surface area contributed by atoms with Gasteiger partial charge in [0.25, 0.3) is 5.91 Å². The fourth-order valence-corrected chi connectivity index (χ4v) is 4.19. The van der Waals surface area contributed by atoms with Gasteiger partial charge in [0.15, 0.2) is 0 Å². The summed E-state index contributed by atoms with van der Waals surface area (Å²) in [7, 11) is 0. The molecule has 140 valence electrons. The van der Waals surface area contributed by atoms with Gasteiger partial charge in [-0.05, 0) is 55.5 Å². The molecule has 0 saturated carbocycles. The smallest absolute Gasteiger partial charge is 0.322 e. The van der Waals surface area contributed by atoms with E-state index < -0.39 is 0 Å². The van der Waals surface area contributed by atoms with Crippen molar-refractivity contribution in [1.29, 1.82) is 0 Å². The number of nitrogens with one attached hydrogen (secondary N) is 1. The zero-order valence-corrected chi connectivity index (χ0v) is 15.9. The summed E-state index contributed by atoms with van der Waals surface area (Å²) in [6, 6.07) is 14.0. The first-order chi connectivity index (χ1) is 13.1. The van der Waals surface area contributed by atoms with Gasteiger partial charge in [0.05, 0.1) is 6.04 Å². The van der Waals surface area contributed by atoms with E-state index in [4.69, 9.17) is 0 Å². The Morgan fingerprint density at radius 2 is 1.89 bits per heavy atom. The molecule has 4 rings (SSSR count). The van der Waals surface area contributed by atoms with E-state index in [1.165, 1.54) is 11.1 Å². The van der Waals surface area contributed by atoms with E-state index in [9.17, 15) is 9.59 Å². The zero-order valence-electron chi connectivity index (χ0n) is 15.9. The summed E-state index contributed by atoms with van der Waals surface area (Å²) >= 11 is 0. The Morgan fingerprint density at radius 1 is 1.07 bits per heavy atom. The Morgan fingerprint density at radius 3 is 2.63 bits per heavy atom. The number of amides is 3. The van der Waals surface area contributed by atoms with Crippen LogP contribution >= 0.6 is 0 Å². The first-order valence-electron chi connectivity index (χ1n) is 9.59. The zero-order chi connectivity index (χ0) is 19.0. The molecule has 3 amide bonds. The molecule has 0 spiro atoms. The summed E-state index contributed by atoms with van der Waals surface area (Å²) in [6.07, 6.45) is 2.00. The maximum absolute atomic E-state index is 13.3. The lowest BCUT2D eigenvalue weighted by atomic mass is 9.99. The highest BCUT2D eigenvalue weighted by atomic mass is 16.2. The first kappa shape index (κ1) is 17.6. The fourth-order valence-electron chi connectivity index (χ4n) is 4.19. The Labute approximate surface area is 160 Å². The predicted octanol–water partition coefficient (Wildman–Crippen LogP) is 3.81. The summed E-state index contributed by atoms with van der Waals surface area (Å²) in [5.74, 6) is 0.0432. The van der Waals surface area contributed by atoms with Crippen molar-refractivity contribution in [2.45, 2.75) is 32.7 Å². The lowest BCUT2D eigenvalue weighted by molar-refractivity contribution is 0.0735. The van der Waals surface area contributed by atoms with Gasteiger partial charge in [-0.3, -0.25) is 9.69 Å². The summed E-state index contributed by atoms with van der Waals surface area (Å²) in [5, 5.41) is 2.83. The number of urea groups is 1. The quantitative estimate of drug-likeness (QED) is 0.901. The van der Waals surface area contributed by atoms with E-state index in [0.717, 1.165) is 30.6 Å². The van der Waals surface area contributed by atoms with Gasteiger partial charge in [-0.25, -0.2) is 4.79 Å². The lowest BCUT2D eigenvalue weighted by Crippen LogP contribution is -2.32. The van der Waals surface area contributed by atoms with Crippen LogP contribution in [-0.2, 0) is 0 Å². The highest BCUT2D eigenvalue weighted by molar-refractivity contribution is 5.99. The van der Waals surface area contributed by atoms with Crippen LogP contribution in [0.2, 0.25) is 0 Å². The second kappa shape index (κ2) is 7.06. The normalized spacial score (nSPS) is 19.5. The third kappa shape index (κ3) is 3.18. The maximum atomic E-state index is 13.3. The summed E-state index contributed by atoms with van der Waals surface area (Å²) in [5.41, 5.74) is 4.92. The van der Waals surface area contributed by atoms with Crippen LogP contribution in [0.15, 0.2) is 42.5 Å². The number of likely N-dealkylation sites (tertiary alicyclic amines) is 1. The standard InChI is InChI=1S/C22H25N3O2/c1-15-6-3-4-7-18(15)19-8-5-12-24(19)21(26)17-10-9-16(2)20(14-17)25-13-11-23-22(25)27/h3-4,6-7,9-10,14,19H,5,8,11-13H2,1-2H3,(H,23,27)/t19-/m0/s1. The molecule has 0 radical (unpaired) electrons. The van der Waals surface area contributed by atoms with Gasteiger partial charge in [-0.1, -0.05) is 30.3 Å². The van der Waals surface area contributed by atoms with Gasteiger partial charge < -0.3 is 10.2 Å². The fraction of sp³-hybridized carbons (Fsp3) is 0.364. The molecule has 0 aromatic heterocycles. The second-order valence-corrected chi connectivity index (χ2v) is 7.40. The molecule has 2 aromatic rings. The molecule has 2 heterocycles. The molecule has 2 aromatic carbocycles. The van der Waals surface area contributed by atoms with Crippen molar-refractivity contribution < 1.29 is 9.59 Å². The first-order valence-corrected chi connectivity index (χ1v) is 9.59. The molecule has 0 aliphatic carbocycles. The van der Waals surface area contributed by atoms with Crippen LogP contribution in [0.1, 0.15) is 45.9 Å². The molecular weight excluding hydrogens is 338 g/mol. The molecule has 27 heavy (non-hydrogen) atoms. The molecule has 5 heteroatoms. The van der Waals surface area contributed by atoms with Crippen LogP contribution in [0.25, 0.3) is 0 Å². The summed E-state index contributed by atoms with van der Waals surface area (Å²) in [4.78, 5) is 29.1. The van der Waals surface area contributed by atoms with Gasteiger partial charge in [-0.2, -0.15) is 0 Å². The largest absolute Gasteiger partial charge is 0.336 e. The molecule has 2 saturated heterocycles. The van der Waals surface area contributed by atoms with Crippen LogP contribution in [0.4, 0.5) is 10.5 Å². The SMILES string of the molecule is Cc1ccccc1[C@@H]1CCCN1C(=O)c1ccc(C)c(N2CCNC2=O)c1. The van der Waals surface area contributed by atoms with Crippen molar-refractivity contribution in [2.75, 3.05) is 24.5 Å². The van der Waals surface area contributed by atoms with Crippen molar-refractivity contribution in [3.05, 3.63) is 64.7 Å². The third-order valence-electron chi connectivity index (χ3n) is 5.66. The van der Waals surface area contributed by atoms with Gasteiger partial charge in [0, 0.05) is 30.9 Å². The number of nitrogens with zero attached hydrogens (tertiary/aromatic N) is 2. The minimum absolute atomic E-state index is 0.0432. The van der Waals surface area contributed by atoms with Crippen LogP contribution in [0.3, 0.4) is 0 Å². The van der Waals surface area contributed by atoms with E-state index in [1.807, 2.05) is 42.2 Å². The average molecular weight is 363 g/mol. The number of hydrogen-bond acceptors (Lipinski definition) is 2. The molecule has 2 aliphatic heterocycles. The monoisotopic (exact) mass is 363 g/mol. The highest BCUT2D eigenvalue weighted by Gasteiger charge is 2.32. The van der Waals surface area contributed by atoms with Gasteiger partial charge in [-0.15, -0.1) is 0 Å². The third-order valence-corrected chi connectivity index (χ3v) is 5.66. The second-order valence-electron chi connectivity index (χ2n) is 7.40. The predicted molar refractivity (Wildman–Crippen MR) is 106 cm³/mol. The number of hydrogen-bond donors (Lipinski definition) is 1. The molecule has 2 aliphatic rings. The molecule has 5 nitrogen and oxygen atoms in total. The van der Waals surface area contributed by atoms with E-state index in [1.54, 1.807) is 4.90 Å². The van der Waals surface area contributed by atoms with Gasteiger partial charge in [0.2, 0.25) is 0 Å². The molecule has 0 unspecified atom stereocenters. The number of carbonyl (C=O) groups excluding carboxylic acids is 2. The van der Waals surface area contributed by atoms with E-state index >= 15 is 0 Å². The molecule has 2 fully saturated rings. The minimum atomic E-state index is -0.0957. The number of anilines is 1. The van der Waals surface area contributed by atoms with Gasteiger partial charge in [0.1, 0.15) is 0 Å². The molecular formula is C22H25N3O2. The van der Waals surface area contributed by atoms with Crippen LogP contribution in [-0.4, -0.2) is 36.5 Å². The number of aryl methyl sites for hydroxylation is 2. The van der Waals surface area contributed by atoms with Crippen molar-refractivity contribution >= 4 is 17.6 Å². The molecule has 1 atom stereocenters. The van der Waals surface area contributed by atoms with Crippen LogP contribution in [0.5, 0.6) is 0 Å². The Kier molecular flexibility index (Phi) is 4.60. The summed E-state index contributed by atoms with van der Waals surface area (Å²) < 4.78 is 0. The Balaban J connectivity index is 1.64. The average Bonchev–Trinajstić information content (AvgIpc) is 3.31. The molecule has 0 bridgehead atoms. The van der Waals surface area contributed by atoms with Crippen molar-refractivity contribution in [3.63, 3.8) is 0 Å². The lowest BCUT2D eigenvalue weighted by Gasteiger charge is -2.27. The summed E-state index contributed by atoms with van der Waals surface area (Å²) in [6.45, 7) is 6.11. The number of benzene rings is 2. The van der Waals surface area contributed by atoms with E-state index in [0.29, 0.717) is 18.7 Å². The topological polar surface area (TPSA) is 52.7 Å². The number of carbonyl (C=O) groups is 2. The Hall–Kier alpha value is -2.82. The van der Waals surface area contributed by atoms with Gasteiger partial charge >= 0.3 is 6.03 Å². The minimum Gasteiger partial charge on any atom is -0.336 e. The molecule has 1 N–H and O–H groups in total.